The summed E-state index contributed by atoms with van der Waals surface area (Å²) < 4.78 is 0. The van der Waals surface area contributed by atoms with E-state index in [1.54, 1.807) is 0 Å². The molecule has 3 nitrogen and oxygen atoms in total. The summed E-state index contributed by atoms with van der Waals surface area (Å²) in [6.07, 6.45) is 6.79. The van der Waals surface area contributed by atoms with Gasteiger partial charge < -0.3 is 10.6 Å². The van der Waals surface area contributed by atoms with Crippen LogP contribution < -0.4 is 5.73 Å². The van der Waals surface area contributed by atoms with E-state index in [4.69, 9.17) is 5.73 Å². The number of carbonyl (C=O) groups excluding carboxylic acids is 1. The molecule has 3 heteroatoms. The summed E-state index contributed by atoms with van der Waals surface area (Å²) in [6, 6.07) is 0.506. The molecule has 1 amide bonds. The third-order valence-corrected chi connectivity index (χ3v) is 3.33. The molecule has 0 aromatic rings. The van der Waals surface area contributed by atoms with E-state index in [0.717, 1.165) is 38.8 Å². The van der Waals surface area contributed by atoms with E-state index in [1.165, 1.54) is 12.8 Å². The summed E-state index contributed by atoms with van der Waals surface area (Å²) in [4.78, 5) is 14.0. The molecule has 1 aliphatic carbocycles. The molecule has 0 spiro atoms. The lowest BCUT2D eigenvalue weighted by atomic mass is 10.1. The Balaban J connectivity index is 1.85. The highest BCUT2D eigenvalue weighted by molar-refractivity contribution is 5.81. The van der Waals surface area contributed by atoms with E-state index in [1.807, 2.05) is 0 Å². The average molecular weight is 196 g/mol. The molecular weight excluding hydrogens is 176 g/mol. The van der Waals surface area contributed by atoms with E-state index in [-0.39, 0.29) is 0 Å². The molecule has 2 aliphatic rings. The molecule has 0 bridgehead atoms. The van der Waals surface area contributed by atoms with Gasteiger partial charge in [-0.15, -0.1) is 0 Å². The fourth-order valence-corrected chi connectivity index (χ4v) is 2.34. The van der Waals surface area contributed by atoms with Crippen molar-refractivity contribution in [2.75, 3.05) is 13.1 Å². The molecule has 1 heterocycles. The molecule has 2 N–H and O–H groups in total. The first-order chi connectivity index (χ1) is 6.83. The van der Waals surface area contributed by atoms with Crippen LogP contribution >= 0.6 is 0 Å². The lowest BCUT2D eigenvalue weighted by molar-refractivity contribution is -0.133. The van der Waals surface area contributed by atoms with Crippen molar-refractivity contribution >= 4 is 5.91 Å². The van der Waals surface area contributed by atoms with Gasteiger partial charge in [-0.05, 0) is 45.1 Å². The SMILES string of the molecule is NCCCC1CCCN1C(=O)C1CC1. The van der Waals surface area contributed by atoms with Crippen molar-refractivity contribution in [3.8, 4) is 0 Å². The maximum absolute atomic E-state index is 11.9. The fourth-order valence-electron chi connectivity index (χ4n) is 2.34. The summed E-state index contributed by atoms with van der Waals surface area (Å²) in [5.74, 6) is 0.804. The lowest BCUT2D eigenvalue weighted by Crippen LogP contribution is -2.36. The van der Waals surface area contributed by atoms with Crippen LogP contribution in [0.4, 0.5) is 0 Å². The van der Waals surface area contributed by atoms with Crippen molar-refractivity contribution in [1.29, 1.82) is 0 Å². The quantitative estimate of drug-likeness (QED) is 0.732. The van der Waals surface area contributed by atoms with Crippen LogP contribution in [0.1, 0.15) is 38.5 Å². The van der Waals surface area contributed by atoms with Crippen LogP contribution in [0, 0.1) is 5.92 Å². The summed E-state index contributed by atoms with van der Waals surface area (Å²) >= 11 is 0. The van der Waals surface area contributed by atoms with Crippen LogP contribution in [-0.4, -0.2) is 29.9 Å². The minimum Gasteiger partial charge on any atom is -0.339 e. The van der Waals surface area contributed by atoms with Crippen molar-refractivity contribution in [3.63, 3.8) is 0 Å². The predicted molar refractivity (Wildman–Crippen MR) is 55.7 cm³/mol. The van der Waals surface area contributed by atoms with Gasteiger partial charge in [0.1, 0.15) is 0 Å². The Bertz CT molecular complexity index is 213. The van der Waals surface area contributed by atoms with Crippen LogP contribution in [0.15, 0.2) is 0 Å². The molecule has 0 aromatic heterocycles. The van der Waals surface area contributed by atoms with Crippen molar-refractivity contribution in [3.05, 3.63) is 0 Å². The molecule has 1 atom stereocenters. The second-order valence-electron chi connectivity index (χ2n) is 4.53. The van der Waals surface area contributed by atoms with Gasteiger partial charge in [-0.25, -0.2) is 0 Å². The van der Waals surface area contributed by atoms with Crippen LogP contribution in [0.25, 0.3) is 0 Å². The van der Waals surface area contributed by atoms with Gasteiger partial charge in [0.15, 0.2) is 0 Å². The fraction of sp³-hybridized carbons (Fsp3) is 0.909. The minimum absolute atomic E-state index is 0.383. The first kappa shape index (κ1) is 9.97. The van der Waals surface area contributed by atoms with Gasteiger partial charge in [0.25, 0.3) is 0 Å². The molecule has 80 valence electrons. The molecule has 0 aromatic carbocycles. The van der Waals surface area contributed by atoms with Crippen LogP contribution in [0.2, 0.25) is 0 Å². The third kappa shape index (κ3) is 2.08. The van der Waals surface area contributed by atoms with Gasteiger partial charge in [-0.3, -0.25) is 4.79 Å². The molecule has 1 saturated carbocycles. The monoisotopic (exact) mass is 196 g/mol. The Hall–Kier alpha value is -0.570. The Kier molecular flexibility index (Phi) is 3.06. The zero-order valence-corrected chi connectivity index (χ0v) is 8.74. The van der Waals surface area contributed by atoms with Crippen LogP contribution in [-0.2, 0) is 4.79 Å². The smallest absolute Gasteiger partial charge is 0.225 e. The predicted octanol–water partition coefficient (Wildman–Crippen LogP) is 1.13. The normalized spacial score (nSPS) is 26.9. The van der Waals surface area contributed by atoms with Gasteiger partial charge in [-0.1, -0.05) is 0 Å². The van der Waals surface area contributed by atoms with Gasteiger partial charge in [0.05, 0.1) is 0 Å². The Morgan fingerprint density at radius 2 is 2.14 bits per heavy atom. The molecule has 1 unspecified atom stereocenters. The van der Waals surface area contributed by atoms with Crippen LogP contribution in [0.3, 0.4) is 0 Å². The Morgan fingerprint density at radius 3 is 2.79 bits per heavy atom. The van der Waals surface area contributed by atoms with E-state index in [2.05, 4.69) is 4.90 Å². The zero-order chi connectivity index (χ0) is 9.97. The highest BCUT2D eigenvalue weighted by atomic mass is 16.2. The zero-order valence-electron chi connectivity index (χ0n) is 8.74. The van der Waals surface area contributed by atoms with E-state index < -0.39 is 0 Å². The molecule has 14 heavy (non-hydrogen) atoms. The van der Waals surface area contributed by atoms with Crippen molar-refractivity contribution in [2.45, 2.75) is 44.6 Å². The number of rotatable bonds is 4. The number of nitrogens with zero attached hydrogens (tertiary/aromatic N) is 1. The van der Waals surface area contributed by atoms with Crippen molar-refractivity contribution in [1.82, 2.24) is 4.90 Å². The lowest BCUT2D eigenvalue weighted by Gasteiger charge is -2.24. The van der Waals surface area contributed by atoms with E-state index in [0.29, 0.717) is 17.9 Å². The molecule has 2 fully saturated rings. The van der Waals surface area contributed by atoms with E-state index in [9.17, 15) is 4.79 Å². The molecule has 2 rings (SSSR count). The van der Waals surface area contributed by atoms with Crippen molar-refractivity contribution in [2.24, 2.45) is 11.7 Å². The van der Waals surface area contributed by atoms with E-state index >= 15 is 0 Å². The maximum Gasteiger partial charge on any atom is 0.225 e. The second kappa shape index (κ2) is 4.30. The van der Waals surface area contributed by atoms with Crippen LogP contribution in [0.5, 0.6) is 0 Å². The highest BCUT2D eigenvalue weighted by Gasteiger charge is 2.37. The van der Waals surface area contributed by atoms with Gasteiger partial charge in [-0.2, -0.15) is 0 Å². The summed E-state index contributed by atoms with van der Waals surface area (Å²) in [5.41, 5.74) is 5.50. The number of likely N-dealkylation sites (tertiary alicyclic amines) is 1. The third-order valence-electron chi connectivity index (χ3n) is 3.33. The summed E-state index contributed by atoms with van der Waals surface area (Å²) in [6.45, 7) is 1.74. The van der Waals surface area contributed by atoms with Gasteiger partial charge in [0.2, 0.25) is 5.91 Å². The average Bonchev–Trinajstić information content (AvgIpc) is 2.93. The van der Waals surface area contributed by atoms with Crippen molar-refractivity contribution < 1.29 is 4.79 Å². The minimum atomic E-state index is 0.383. The summed E-state index contributed by atoms with van der Waals surface area (Å²) in [7, 11) is 0. The topological polar surface area (TPSA) is 46.3 Å². The molecule has 1 aliphatic heterocycles. The Labute approximate surface area is 85.6 Å². The standard InChI is InChI=1S/C11H20N2O/c12-7-1-3-10-4-2-8-13(10)11(14)9-5-6-9/h9-10H,1-8,12H2. The molecular formula is C11H20N2O. The first-order valence-corrected chi connectivity index (χ1v) is 5.83. The first-order valence-electron chi connectivity index (χ1n) is 5.83. The number of hydrogen-bond donors (Lipinski definition) is 1. The Morgan fingerprint density at radius 1 is 1.36 bits per heavy atom. The number of nitrogens with two attached hydrogens (primary N) is 1. The number of amides is 1. The van der Waals surface area contributed by atoms with Gasteiger partial charge in [0, 0.05) is 18.5 Å². The second-order valence-corrected chi connectivity index (χ2v) is 4.53. The highest BCUT2D eigenvalue weighted by Crippen LogP contribution is 2.34. The largest absolute Gasteiger partial charge is 0.339 e. The van der Waals surface area contributed by atoms with Gasteiger partial charge >= 0.3 is 0 Å². The maximum atomic E-state index is 11.9. The number of carbonyl (C=O) groups is 1. The molecule has 1 saturated heterocycles. The number of hydrogen-bond acceptors (Lipinski definition) is 2. The summed E-state index contributed by atoms with van der Waals surface area (Å²) in [5, 5.41) is 0. The molecule has 0 radical (unpaired) electrons.